The van der Waals surface area contributed by atoms with E-state index < -0.39 is 0 Å². The Balaban J connectivity index is 1.92. The fourth-order valence-corrected chi connectivity index (χ4v) is 3.56. The van der Waals surface area contributed by atoms with Gasteiger partial charge in [-0.25, -0.2) is 0 Å². The number of hydrogen-bond donors (Lipinski definition) is 0. The predicted octanol–water partition coefficient (Wildman–Crippen LogP) is 3.26. The normalized spacial score (nSPS) is 10.6. The molecule has 0 aliphatic heterocycles. The van der Waals surface area contributed by atoms with E-state index in [1.807, 2.05) is 0 Å². The van der Waals surface area contributed by atoms with E-state index in [9.17, 15) is 0 Å². The summed E-state index contributed by atoms with van der Waals surface area (Å²) in [5.74, 6) is 0. The molecule has 0 aliphatic carbocycles. The van der Waals surface area contributed by atoms with Crippen molar-refractivity contribution in [2.45, 2.75) is 19.0 Å². The van der Waals surface area contributed by atoms with Gasteiger partial charge in [0, 0.05) is 0 Å². The third-order valence-electron chi connectivity index (χ3n) is 2.90. The monoisotopic (exact) mass is 225 g/mol. The van der Waals surface area contributed by atoms with Crippen LogP contribution in [-0.4, -0.2) is 8.80 Å². The van der Waals surface area contributed by atoms with Gasteiger partial charge < -0.3 is 0 Å². The molecule has 0 heterocycles. The van der Waals surface area contributed by atoms with Crippen molar-refractivity contribution in [1.82, 2.24) is 0 Å². The Bertz CT molecular complexity index is 408. The fourth-order valence-electron chi connectivity index (χ4n) is 1.84. The Morgan fingerprint density at radius 2 is 1.38 bits per heavy atom. The predicted molar refractivity (Wildman–Crippen MR) is 72.6 cm³/mol. The Hall–Kier alpha value is -1.34. The molecule has 0 aromatic heterocycles. The van der Waals surface area contributed by atoms with Crippen molar-refractivity contribution in [3.8, 4) is 0 Å². The molecule has 0 fully saturated rings. The lowest BCUT2D eigenvalue weighted by Crippen LogP contribution is -2.26. The van der Waals surface area contributed by atoms with E-state index in [-0.39, 0.29) is 8.80 Å². The van der Waals surface area contributed by atoms with E-state index in [0.717, 1.165) is 0 Å². The molecule has 0 nitrogen and oxygen atoms in total. The molecule has 1 radical (unpaired) electrons. The third-order valence-corrected chi connectivity index (χ3v) is 5.22. The van der Waals surface area contributed by atoms with Gasteiger partial charge in [0.2, 0.25) is 0 Å². The summed E-state index contributed by atoms with van der Waals surface area (Å²) < 4.78 is 0. The van der Waals surface area contributed by atoms with Crippen molar-refractivity contribution in [3.63, 3.8) is 0 Å². The van der Waals surface area contributed by atoms with Crippen LogP contribution in [-0.2, 0) is 6.42 Å². The maximum atomic E-state index is 2.41. The average molecular weight is 225 g/mol. The molecule has 0 unspecified atom stereocenters. The molecule has 0 amide bonds. The maximum Gasteiger partial charge on any atom is 0.0827 e. The molecule has 1 heteroatoms. The highest BCUT2D eigenvalue weighted by molar-refractivity contribution is 6.72. The zero-order valence-corrected chi connectivity index (χ0v) is 10.7. The molecule has 0 spiro atoms. The molecule has 0 bridgehead atoms. The molecule has 16 heavy (non-hydrogen) atoms. The molecule has 0 atom stereocenters. The van der Waals surface area contributed by atoms with Crippen LogP contribution in [0.15, 0.2) is 60.7 Å². The largest absolute Gasteiger partial charge is 0.0827 e. The lowest BCUT2D eigenvalue weighted by molar-refractivity contribution is 1.12. The summed E-state index contributed by atoms with van der Waals surface area (Å²) in [6.07, 6.45) is 1.21. The van der Waals surface area contributed by atoms with Gasteiger partial charge in [-0.3, -0.25) is 0 Å². The Morgan fingerprint density at radius 1 is 0.812 bits per heavy atom. The zero-order chi connectivity index (χ0) is 11.2. The fraction of sp³-hybridized carbons (Fsp3) is 0.200. The quantitative estimate of drug-likeness (QED) is 0.701. The van der Waals surface area contributed by atoms with Gasteiger partial charge in [0.15, 0.2) is 0 Å². The van der Waals surface area contributed by atoms with Gasteiger partial charge in [0.1, 0.15) is 0 Å². The summed E-state index contributed by atoms with van der Waals surface area (Å²) in [4.78, 5) is 0. The second-order valence-corrected chi connectivity index (χ2v) is 6.77. The Labute approximate surface area is 99.6 Å². The van der Waals surface area contributed by atoms with Crippen LogP contribution < -0.4 is 5.19 Å². The lowest BCUT2D eigenvalue weighted by atomic mass is 10.2. The van der Waals surface area contributed by atoms with Gasteiger partial charge in [0.25, 0.3) is 0 Å². The minimum absolute atomic E-state index is 0.365. The lowest BCUT2D eigenvalue weighted by Gasteiger charge is -2.09. The minimum atomic E-state index is -0.365. The summed E-state index contributed by atoms with van der Waals surface area (Å²) in [6, 6.07) is 23.0. The van der Waals surface area contributed by atoms with E-state index in [1.54, 1.807) is 5.19 Å². The standard InChI is InChI=1S/C15H17Si/c1-16(15-10-6-3-7-11-15)13-12-14-8-4-2-5-9-14/h2-11H,12-13H2,1H3. The van der Waals surface area contributed by atoms with Crippen molar-refractivity contribution in [2.24, 2.45) is 0 Å². The molecule has 0 aliphatic rings. The Kier molecular flexibility index (Phi) is 3.95. The number of aryl methyl sites for hydroxylation is 1. The highest BCUT2D eigenvalue weighted by Gasteiger charge is 2.06. The van der Waals surface area contributed by atoms with E-state index in [0.29, 0.717) is 0 Å². The first-order valence-corrected chi connectivity index (χ1v) is 7.99. The van der Waals surface area contributed by atoms with Crippen LogP contribution in [0.25, 0.3) is 0 Å². The van der Waals surface area contributed by atoms with Crippen LogP contribution in [0.3, 0.4) is 0 Å². The van der Waals surface area contributed by atoms with Crippen molar-refractivity contribution in [1.29, 1.82) is 0 Å². The van der Waals surface area contributed by atoms with Crippen LogP contribution in [0.2, 0.25) is 12.6 Å². The van der Waals surface area contributed by atoms with Gasteiger partial charge in [0.05, 0.1) is 8.80 Å². The SMILES string of the molecule is C[Si](CCc1ccccc1)c1ccccc1. The number of rotatable bonds is 4. The first-order valence-electron chi connectivity index (χ1n) is 5.78. The first kappa shape index (κ1) is 11.2. The number of benzene rings is 2. The molecular weight excluding hydrogens is 208 g/mol. The van der Waals surface area contributed by atoms with Gasteiger partial charge in [-0.1, -0.05) is 78.4 Å². The van der Waals surface area contributed by atoms with Crippen LogP contribution in [0, 0.1) is 0 Å². The van der Waals surface area contributed by atoms with Crippen LogP contribution in [0.1, 0.15) is 5.56 Å². The molecule has 2 rings (SSSR count). The summed E-state index contributed by atoms with van der Waals surface area (Å²) >= 11 is 0. The van der Waals surface area contributed by atoms with Crippen molar-refractivity contribution in [2.75, 3.05) is 0 Å². The molecular formula is C15H17Si. The topological polar surface area (TPSA) is 0 Å². The van der Waals surface area contributed by atoms with Gasteiger partial charge >= 0.3 is 0 Å². The van der Waals surface area contributed by atoms with Crippen LogP contribution in [0.4, 0.5) is 0 Å². The summed E-state index contributed by atoms with van der Waals surface area (Å²) in [5, 5.41) is 1.54. The van der Waals surface area contributed by atoms with Gasteiger partial charge in [-0.2, -0.15) is 0 Å². The smallest absolute Gasteiger partial charge is 0.0669 e. The average Bonchev–Trinajstić information content (AvgIpc) is 2.38. The van der Waals surface area contributed by atoms with Crippen LogP contribution >= 0.6 is 0 Å². The van der Waals surface area contributed by atoms with E-state index in [1.165, 1.54) is 18.0 Å². The maximum absolute atomic E-state index is 2.41. The number of hydrogen-bond acceptors (Lipinski definition) is 0. The summed E-state index contributed by atoms with van der Waals surface area (Å²) in [5.41, 5.74) is 1.46. The molecule has 0 saturated carbocycles. The van der Waals surface area contributed by atoms with Crippen molar-refractivity contribution in [3.05, 3.63) is 66.2 Å². The molecule has 0 N–H and O–H groups in total. The first-order chi connectivity index (χ1) is 7.86. The van der Waals surface area contributed by atoms with Gasteiger partial charge in [-0.05, 0) is 12.0 Å². The summed E-state index contributed by atoms with van der Waals surface area (Å²) in [6.45, 7) is 2.41. The van der Waals surface area contributed by atoms with E-state index in [4.69, 9.17) is 0 Å². The second kappa shape index (κ2) is 5.66. The molecule has 2 aromatic carbocycles. The zero-order valence-electron chi connectivity index (χ0n) is 9.69. The van der Waals surface area contributed by atoms with E-state index >= 15 is 0 Å². The third kappa shape index (κ3) is 3.07. The molecule has 2 aromatic rings. The van der Waals surface area contributed by atoms with Crippen molar-refractivity contribution >= 4 is 14.0 Å². The highest BCUT2D eigenvalue weighted by atomic mass is 28.3. The second-order valence-electron chi connectivity index (χ2n) is 4.13. The van der Waals surface area contributed by atoms with E-state index in [2.05, 4.69) is 67.2 Å². The minimum Gasteiger partial charge on any atom is -0.0669 e. The molecule has 0 saturated heterocycles. The Morgan fingerprint density at radius 3 is 2.00 bits per heavy atom. The van der Waals surface area contributed by atoms with Gasteiger partial charge in [-0.15, -0.1) is 0 Å². The summed E-state index contributed by atoms with van der Waals surface area (Å²) in [7, 11) is -0.365. The van der Waals surface area contributed by atoms with Crippen molar-refractivity contribution < 1.29 is 0 Å². The molecule has 81 valence electrons. The van der Waals surface area contributed by atoms with Crippen LogP contribution in [0.5, 0.6) is 0 Å². The highest BCUT2D eigenvalue weighted by Crippen LogP contribution is 2.05.